The molecule has 0 aliphatic heterocycles. The average Bonchev–Trinajstić information content (AvgIpc) is 2.48. The lowest BCUT2D eigenvalue weighted by Gasteiger charge is -2.11. The number of carboxylic acids is 1. The SMILES string of the molecule is O=C([O-])C[C@@H]1CCc2ccccc21. The first-order valence-corrected chi connectivity index (χ1v) is 4.55. The fourth-order valence-electron chi connectivity index (χ4n) is 2.06. The van der Waals surface area contributed by atoms with Crippen LogP contribution in [-0.4, -0.2) is 5.97 Å². The number of carbonyl (C=O) groups is 1. The standard InChI is InChI=1S/C11H12O2/c12-11(13)7-9-6-5-8-3-1-2-4-10(8)9/h1-4,9H,5-7H2,(H,12,13)/p-1/t9-/m0/s1. The molecule has 2 heteroatoms. The molecule has 0 saturated carbocycles. The monoisotopic (exact) mass is 175 g/mol. The van der Waals surface area contributed by atoms with Crippen molar-refractivity contribution in [3.8, 4) is 0 Å². The molecule has 0 radical (unpaired) electrons. The van der Waals surface area contributed by atoms with Crippen LogP contribution in [0.3, 0.4) is 0 Å². The van der Waals surface area contributed by atoms with Crippen molar-refractivity contribution >= 4 is 5.97 Å². The number of benzene rings is 1. The van der Waals surface area contributed by atoms with E-state index in [1.807, 2.05) is 18.2 Å². The Morgan fingerprint density at radius 1 is 1.46 bits per heavy atom. The maximum atomic E-state index is 10.5. The molecule has 0 bridgehead atoms. The Kier molecular flexibility index (Phi) is 2.05. The second-order valence-corrected chi connectivity index (χ2v) is 3.51. The van der Waals surface area contributed by atoms with Crippen LogP contribution in [-0.2, 0) is 11.2 Å². The molecule has 0 unspecified atom stereocenters. The van der Waals surface area contributed by atoms with Gasteiger partial charge in [-0.05, 0) is 36.3 Å². The van der Waals surface area contributed by atoms with Crippen molar-refractivity contribution in [1.29, 1.82) is 0 Å². The normalized spacial score (nSPS) is 19.8. The number of rotatable bonds is 2. The molecule has 1 aliphatic rings. The van der Waals surface area contributed by atoms with E-state index in [9.17, 15) is 9.90 Å². The first kappa shape index (κ1) is 8.30. The number of carbonyl (C=O) groups excluding carboxylic acids is 1. The van der Waals surface area contributed by atoms with Crippen LogP contribution in [0, 0.1) is 0 Å². The van der Waals surface area contributed by atoms with E-state index in [1.54, 1.807) is 0 Å². The molecule has 0 amide bonds. The quantitative estimate of drug-likeness (QED) is 0.668. The molecule has 68 valence electrons. The van der Waals surface area contributed by atoms with Crippen LogP contribution in [0.25, 0.3) is 0 Å². The van der Waals surface area contributed by atoms with E-state index in [2.05, 4.69) is 6.07 Å². The summed E-state index contributed by atoms with van der Waals surface area (Å²) in [6.07, 6.45) is 2.12. The van der Waals surface area contributed by atoms with Crippen LogP contribution in [0.15, 0.2) is 24.3 Å². The maximum absolute atomic E-state index is 10.5. The molecule has 0 fully saturated rings. The minimum absolute atomic E-state index is 0.164. The lowest BCUT2D eigenvalue weighted by Crippen LogP contribution is -2.23. The summed E-state index contributed by atoms with van der Waals surface area (Å²) in [4.78, 5) is 10.5. The van der Waals surface area contributed by atoms with E-state index in [-0.39, 0.29) is 12.3 Å². The van der Waals surface area contributed by atoms with Crippen LogP contribution in [0.5, 0.6) is 0 Å². The van der Waals surface area contributed by atoms with Gasteiger partial charge in [-0.1, -0.05) is 24.3 Å². The molecule has 1 aromatic carbocycles. The molecule has 13 heavy (non-hydrogen) atoms. The van der Waals surface area contributed by atoms with Gasteiger partial charge in [-0.2, -0.15) is 0 Å². The van der Waals surface area contributed by atoms with Crippen molar-refractivity contribution in [2.75, 3.05) is 0 Å². The summed E-state index contributed by atoms with van der Waals surface area (Å²) >= 11 is 0. The number of carboxylic acid groups (broad SMARTS) is 1. The lowest BCUT2D eigenvalue weighted by atomic mass is 9.98. The van der Waals surface area contributed by atoms with Gasteiger partial charge < -0.3 is 9.90 Å². The van der Waals surface area contributed by atoms with Crippen molar-refractivity contribution in [3.05, 3.63) is 35.4 Å². The van der Waals surface area contributed by atoms with Gasteiger partial charge in [0, 0.05) is 5.97 Å². The van der Waals surface area contributed by atoms with E-state index < -0.39 is 5.97 Å². The Morgan fingerprint density at radius 2 is 2.23 bits per heavy atom. The van der Waals surface area contributed by atoms with Crippen molar-refractivity contribution < 1.29 is 9.90 Å². The largest absolute Gasteiger partial charge is 0.550 e. The third kappa shape index (κ3) is 1.57. The fourth-order valence-corrected chi connectivity index (χ4v) is 2.06. The van der Waals surface area contributed by atoms with Gasteiger partial charge in [0.2, 0.25) is 0 Å². The van der Waals surface area contributed by atoms with Crippen molar-refractivity contribution in [3.63, 3.8) is 0 Å². The highest BCUT2D eigenvalue weighted by atomic mass is 16.4. The molecule has 0 heterocycles. The highest BCUT2D eigenvalue weighted by molar-refractivity contribution is 5.66. The van der Waals surface area contributed by atoms with Crippen LogP contribution >= 0.6 is 0 Å². The van der Waals surface area contributed by atoms with E-state index in [4.69, 9.17) is 0 Å². The maximum Gasteiger partial charge on any atom is 0.0420 e. The van der Waals surface area contributed by atoms with Gasteiger partial charge in [0.1, 0.15) is 0 Å². The molecular weight excluding hydrogens is 164 g/mol. The molecule has 1 aliphatic carbocycles. The Morgan fingerprint density at radius 3 is 3.00 bits per heavy atom. The van der Waals surface area contributed by atoms with Gasteiger partial charge in [-0.25, -0.2) is 0 Å². The molecular formula is C11H11O2-. The zero-order valence-corrected chi connectivity index (χ0v) is 7.32. The summed E-state index contributed by atoms with van der Waals surface area (Å²) < 4.78 is 0. The third-order valence-electron chi connectivity index (χ3n) is 2.67. The smallest absolute Gasteiger partial charge is 0.0420 e. The van der Waals surface area contributed by atoms with Crippen molar-refractivity contribution in [2.24, 2.45) is 0 Å². The molecule has 0 spiro atoms. The highest BCUT2D eigenvalue weighted by Crippen LogP contribution is 2.34. The van der Waals surface area contributed by atoms with E-state index >= 15 is 0 Å². The first-order valence-electron chi connectivity index (χ1n) is 4.55. The molecule has 1 aromatic rings. The van der Waals surface area contributed by atoms with Crippen LogP contribution in [0.2, 0.25) is 0 Å². The summed E-state index contributed by atoms with van der Waals surface area (Å²) in [7, 11) is 0. The minimum Gasteiger partial charge on any atom is -0.550 e. The van der Waals surface area contributed by atoms with Gasteiger partial charge in [-0.15, -0.1) is 0 Å². The topological polar surface area (TPSA) is 40.1 Å². The molecule has 0 N–H and O–H groups in total. The summed E-state index contributed by atoms with van der Waals surface area (Å²) in [6.45, 7) is 0. The summed E-state index contributed by atoms with van der Waals surface area (Å²) in [5, 5.41) is 10.5. The number of hydrogen-bond donors (Lipinski definition) is 0. The van der Waals surface area contributed by atoms with Gasteiger partial charge in [0.05, 0.1) is 0 Å². The molecule has 2 rings (SSSR count). The number of hydrogen-bond acceptors (Lipinski definition) is 2. The van der Waals surface area contributed by atoms with Gasteiger partial charge in [0.15, 0.2) is 0 Å². The highest BCUT2D eigenvalue weighted by Gasteiger charge is 2.21. The first-order chi connectivity index (χ1) is 6.27. The third-order valence-corrected chi connectivity index (χ3v) is 2.67. The lowest BCUT2D eigenvalue weighted by molar-refractivity contribution is -0.306. The predicted octanol–water partition coefficient (Wildman–Crippen LogP) is 0.856. The zero-order chi connectivity index (χ0) is 9.26. The van der Waals surface area contributed by atoms with Gasteiger partial charge >= 0.3 is 0 Å². The molecule has 1 atom stereocenters. The number of fused-ring (bicyclic) bond motifs is 1. The van der Waals surface area contributed by atoms with Crippen molar-refractivity contribution in [2.45, 2.75) is 25.2 Å². The minimum atomic E-state index is -0.943. The summed E-state index contributed by atoms with van der Waals surface area (Å²) in [5.74, 6) is -0.761. The average molecular weight is 175 g/mol. The Bertz CT molecular complexity index is 331. The number of aryl methyl sites for hydroxylation is 1. The summed E-state index contributed by atoms with van der Waals surface area (Å²) in [5.41, 5.74) is 2.50. The van der Waals surface area contributed by atoms with E-state index in [0.29, 0.717) is 0 Å². The summed E-state index contributed by atoms with van der Waals surface area (Å²) in [6, 6.07) is 8.06. The zero-order valence-electron chi connectivity index (χ0n) is 7.32. The van der Waals surface area contributed by atoms with Crippen LogP contribution in [0.4, 0.5) is 0 Å². The van der Waals surface area contributed by atoms with E-state index in [0.717, 1.165) is 12.8 Å². The molecule has 0 saturated heterocycles. The number of aliphatic carboxylic acids is 1. The predicted molar refractivity (Wildman–Crippen MR) is 47.1 cm³/mol. The second-order valence-electron chi connectivity index (χ2n) is 3.51. The fraction of sp³-hybridized carbons (Fsp3) is 0.364. The van der Waals surface area contributed by atoms with Crippen LogP contribution in [0.1, 0.15) is 29.9 Å². The Labute approximate surface area is 77.2 Å². The van der Waals surface area contributed by atoms with Gasteiger partial charge in [0.25, 0.3) is 0 Å². The van der Waals surface area contributed by atoms with Gasteiger partial charge in [-0.3, -0.25) is 0 Å². The second kappa shape index (κ2) is 3.21. The van der Waals surface area contributed by atoms with Crippen LogP contribution < -0.4 is 5.11 Å². The Balaban J connectivity index is 2.23. The Hall–Kier alpha value is -1.31. The van der Waals surface area contributed by atoms with Crippen molar-refractivity contribution in [1.82, 2.24) is 0 Å². The van der Waals surface area contributed by atoms with E-state index in [1.165, 1.54) is 11.1 Å². The molecule has 0 aromatic heterocycles. The molecule has 2 nitrogen and oxygen atoms in total.